The van der Waals surface area contributed by atoms with Crippen LogP contribution in [0.3, 0.4) is 0 Å². The average Bonchev–Trinajstić information content (AvgIpc) is 2.86. The second kappa shape index (κ2) is 10.6. The van der Waals surface area contributed by atoms with Gasteiger partial charge in [0, 0.05) is 5.56 Å². The van der Waals surface area contributed by atoms with Crippen LogP contribution in [0.4, 0.5) is 35.1 Å². The highest BCUT2D eigenvalue weighted by Crippen LogP contribution is 2.59. The van der Waals surface area contributed by atoms with E-state index in [4.69, 9.17) is 4.74 Å². The van der Waals surface area contributed by atoms with Crippen molar-refractivity contribution in [2.75, 3.05) is 0 Å². The molecule has 1 nitrogen and oxygen atoms in total. The fraction of sp³-hybridized carbons (Fsp3) is 0.379. The van der Waals surface area contributed by atoms with Crippen LogP contribution in [0.1, 0.15) is 67.3 Å². The van der Waals surface area contributed by atoms with E-state index in [-0.39, 0.29) is 17.5 Å². The van der Waals surface area contributed by atoms with E-state index in [2.05, 4.69) is 0 Å². The van der Waals surface area contributed by atoms with Gasteiger partial charge in [-0.2, -0.15) is 22.0 Å². The zero-order valence-corrected chi connectivity index (χ0v) is 20.8. The minimum atomic E-state index is -5.08. The van der Waals surface area contributed by atoms with Crippen LogP contribution in [0.25, 0.3) is 11.1 Å². The molecule has 0 bridgehead atoms. The molecule has 0 unspecified atom stereocenters. The van der Waals surface area contributed by atoms with Crippen molar-refractivity contribution in [3.63, 3.8) is 0 Å². The summed E-state index contributed by atoms with van der Waals surface area (Å²) in [6, 6.07) is 6.76. The smallest absolute Gasteiger partial charge is 0.343 e. The van der Waals surface area contributed by atoms with Gasteiger partial charge in [-0.3, -0.25) is 0 Å². The van der Waals surface area contributed by atoms with Crippen LogP contribution in [0.15, 0.2) is 36.4 Å². The van der Waals surface area contributed by atoms with Crippen molar-refractivity contribution < 1.29 is 39.9 Å². The second-order valence-electron chi connectivity index (χ2n) is 9.42. The summed E-state index contributed by atoms with van der Waals surface area (Å²) in [6.45, 7) is 2.82. The molecule has 0 saturated heterocycles. The van der Waals surface area contributed by atoms with Gasteiger partial charge < -0.3 is 4.74 Å². The maximum Gasteiger partial charge on any atom is 0.343 e. The number of halogens is 8. The lowest BCUT2D eigenvalue weighted by atomic mass is 9.78. The molecule has 38 heavy (non-hydrogen) atoms. The van der Waals surface area contributed by atoms with Gasteiger partial charge in [-0.1, -0.05) is 63.4 Å². The predicted octanol–water partition coefficient (Wildman–Crippen LogP) is 9.37. The summed E-state index contributed by atoms with van der Waals surface area (Å²) in [5, 5.41) is 0. The Labute approximate surface area is 215 Å². The van der Waals surface area contributed by atoms with Crippen molar-refractivity contribution in [1.82, 2.24) is 0 Å². The maximum absolute atomic E-state index is 15.4. The predicted molar refractivity (Wildman–Crippen MR) is 127 cm³/mol. The number of alkyl halides is 4. The fourth-order valence-corrected chi connectivity index (χ4v) is 4.79. The summed E-state index contributed by atoms with van der Waals surface area (Å²) in [5.74, 6) is -16.3. The third-order valence-corrected chi connectivity index (χ3v) is 6.84. The summed E-state index contributed by atoms with van der Waals surface area (Å²) in [6.07, 6.45) is 3.15. The molecule has 0 fully saturated rings. The van der Waals surface area contributed by atoms with Crippen LogP contribution in [0, 0.1) is 23.3 Å². The van der Waals surface area contributed by atoms with Crippen molar-refractivity contribution in [3.8, 4) is 16.9 Å². The van der Waals surface area contributed by atoms with E-state index < -0.39 is 75.3 Å². The van der Waals surface area contributed by atoms with Crippen LogP contribution >= 0.6 is 0 Å². The Kier molecular flexibility index (Phi) is 7.77. The van der Waals surface area contributed by atoms with E-state index in [0.29, 0.717) is 19.3 Å². The molecule has 1 aliphatic rings. The minimum absolute atomic E-state index is 0.0646. The molecule has 0 amide bonds. The number of ether oxygens (including phenoxy) is 1. The van der Waals surface area contributed by atoms with Crippen LogP contribution < -0.4 is 4.74 Å². The van der Waals surface area contributed by atoms with E-state index in [1.54, 1.807) is 6.92 Å². The molecule has 0 saturated carbocycles. The molecule has 0 aromatic heterocycles. The van der Waals surface area contributed by atoms with Crippen LogP contribution in [0.2, 0.25) is 0 Å². The normalized spacial score (nSPS) is 15.2. The first-order valence-electron chi connectivity index (χ1n) is 12.5. The lowest BCUT2D eigenvalue weighted by Gasteiger charge is -2.36. The van der Waals surface area contributed by atoms with Crippen molar-refractivity contribution in [2.24, 2.45) is 0 Å². The molecule has 204 valence electrons. The van der Waals surface area contributed by atoms with Gasteiger partial charge in [-0.15, -0.1) is 0 Å². The first-order chi connectivity index (χ1) is 18.0. The van der Waals surface area contributed by atoms with Gasteiger partial charge >= 0.3 is 11.8 Å². The Bertz CT molecular complexity index is 1350. The monoisotopic (exact) mass is 542 g/mol. The van der Waals surface area contributed by atoms with Gasteiger partial charge in [0.1, 0.15) is 18.2 Å². The highest BCUT2D eigenvalue weighted by atomic mass is 19.3. The van der Waals surface area contributed by atoms with E-state index in [1.165, 1.54) is 12.1 Å². The van der Waals surface area contributed by atoms with E-state index in [9.17, 15) is 13.2 Å². The zero-order valence-electron chi connectivity index (χ0n) is 20.8. The maximum atomic E-state index is 15.4. The molecule has 1 aliphatic carbocycles. The van der Waals surface area contributed by atoms with Gasteiger partial charge in [0.2, 0.25) is 5.82 Å². The lowest BCUT2D eigenvalue weighted by molar-refractivity contribution is -0.227. The standard InChI is InChI=1S/C29H26F8O/c1-3-5-6-8-17-11-14-21(27(33)26(17)32)38-15-18-10-13-20-19-12-9-16(7-4-2)24(30)22(19)28(34,35)29(36,37)23(20)25(18)31/h9-14H,3-8,15H2,1-2H3. The van der Waals surface area contributed by atoms with Gasteiger partial charge in [0.05, 0.1) is 11.1 Å². The first kappa shape index (κ1) is 27.9. The van der Waals surface area contributed by atoms with Crippen molar-refractivity contribution in [1.29, 1.82) is 0 Å². The van der Waals surface area contributed by atoms with Gasteiger partial charge in [-0.25, -0.2) is 13.2 Å². The van der Waals surface area contributed by atoms with Crippen LogP contribution in [0.5, 0.6) is 5.75 Å². The lowest BCUT2D eigenvalue weighted by Crippen LogP contribution is -2.41. The summed E-state index contributed by atoms with van der Waals surface area (Å²) < 4.78 is 125. The van der Waals surface area contributed by atoms with Gasteiger partial charge in [0.15, 0.2) is 11.6 Å². The molecule has 0 spiro atoms. The van der Waals surface area contributed by atoms with E-state index in [1.807, 2.05) is 6.92 Å². The summed E-state index contributed by atoms with van der Waals surface area (Å²) >= 11 is 0. The fourth-order valence-electron chi connectivity index (χ4n) is 4.79. The molecule has 0 aliphatic heterocycles. The minimum Gasteiger partial charge on any atom is -0.486 e. The van der Waals surface area contributed by atoms with Crippen LogP contribution in [-0.2, 0) is 31.3 Å². The quantitative estimate of drug-likeness (QED) is 0.193. The van der Waals surface area contributed by atoms with Gasteiger partial charge in [0.25, 0.3) is 0 Å². The molecular weight excluding hydrogens is 516 g/mol. The molecule has 0 atom stereocenters. The summed E-state index contributed by atoms with van der Waals surface area (Å²) in [5.41, 5.74) is -4.76. The van der Waals surface area contributed by atoms with E-state index >= 15 is 22.0 Å². The number of hydrogen-bond acceptors (Lipinski definition) is 1. The number of benzene rings is 3. The Morgan fingerprint density at radius 3 is 1.68 bits per heavy atom. The molecule has 0 radical (unpaired) electrons. The Morgan fingerprint density at radius 2 is 1.11 bits per heavy atom. The van der Waals surface area contributed by atoms with Crippen molar-refractivity contribution >= 4 is 0 Å². The first-order valence-corrected chi connectivity index (χ1v) is 12.5. The number of unbranched alkanes of at least 4 members (excludes halogenated alkanes) is 2. The second-order valence-corrected chi connectivity index (χ2v) is 9.42. The zero-order chi connectivity index (χ0) is 27.8. The molecule has 0 heterocycles. The molecule has 9 heteroatoms. The van der Waals surface area contributed by atoms with Crippen LogP contribution in [-0.4, -0.2) is 0 Å². The molecule has 4 rings (SSSR count). The molecule has 3 aromatic rings. The third-order valence-electron chi connectivity index (χ3n) is 6.84. The highest BCUT2D eigenvalue weighted by Gasteiger charge is 2.65. The third kappa shape index (κ3) is 4.54. The number of hydrogen-bond donors (Lipinski definition) is 0. The molecule has 0 N–H and O–H groups in total. The number of fused-ring (bicyclic) bond motifs is 3. The summed E-state index contributed by atoms with van der Waals surface area (Å²) in [4.78, 5) is 0. The average molecular weight is 543 g/mol. The Morgan fingerprint density at radius 1 is 0.579 bits per heavy atom. The largest absolute Gasteiger partial charge is 0.486 e. The Balaban J connectivity index is 1.70. The molecular formula is C29H26F8O. The number of aryl methyl sites for hydroxylation is 2. The number of rotatable bonds is 9. The van der Waals surface area contributed by atoms with Gasteiger partial charge in [-0.05, 0) is 47.6 Å². The SMILES string of the molecule is CCCCCc1ccc(OCc2ccc3c(c2F)C(F)(F)C(F)(F)c2c-3ccc(CCC)c2F)c(F)c1F. The van der Waals surface area contributed by atoms with Crippen molar-refractivity contribution in [2.45, 2.75) is 70.8 Å². The Hall–Kier alpha value is -3.10. The topological polar surface area (TPSA) is 9.23 Å². The van der Waals surface area contributed by atoms with Crippen molar-refractivity contribution in [3.05, 3.63) is 87.5 Å². The highest BCUT2D eigenvalue weighted by molar-refractivity contribution is 5.77. The molecule has 3 aromatic carbocycles. The van der Waals surface area contributed by atoms with E-state index in [0.717, 1.165) is 37.1 Å². The summed E-state index contributed by atoms with van der Waals surface area (Å²) in [7, 11) is 0.